The summed E-state index contributed by atoms with van der Waals surface area (Å²) in [6.45, 7) is 4.42. The molecule has 6 heteroatoms. The predicted octanol–water partition coefficient (Wildman–Crippen LogP) is 4.72. The van der Waals surface area contributed by atoms with Gasteiger partial charge >= 0.3 is 0 Å². The second-order valence-corrected chi connectivity index (χ2v) is 7.22. The number of aromatic amines is 1. The lowest BCUT2D eigenvalue weighted by atomic mass is 10.0. The van der Waals surface area contributed by atoms with Crippen molar-refractivity contribution in [2.75, 3.05) is 6.54 Å². The average Bonchev–Trinajstić information content (AvgIpc) is 3.08. The minimum absolute atomic E-state index is 0.0905. The number of hydrogen-bond donors (Lipinski definition) is 2. The third kappa shape index (κ3) is 3.05. The number of halogens is 2. The molecule has 1 amide bonds. The van der Waals surface area contributed by atoms with Crippen LogP contribution in [0.1, 0.15) is 26.5 Å². The standard InChI is InChI=1S/C17H16BrFN2OS/c1-9-3-4-13(19)15-14(9)11(10(2)21-15)5-7-20-17(22)16-12(18)6-8-23-16/h3-4,6,8,21H,5,7H2,1-2H3,(H,20,22). The molecular formula is C17H16BrFN2OS. The van der Waals surface area contributed by atoms with Crippen molar-refractivity contribution in [1.82, 2.24) is 10.3 Å². The van der Waals surface area contributed by atoms with E-state index in [1.54, 1.807) is 6.07 Å². The Morgan fingerprint density at radius 3 is 2.83 bits per heavy atom. The molecule has 0 fully saturated rings. The zero-order valence-corrected chi connectivity index (χ0v) is 15.2. The number of aryl methyl sites for hydroxylation is 2. The van der Waals surface area contributed by atoms with E-state index in [4.69, 9.17) is 0 Å². The van der Waals surface area contributed by atoms with Gasteiger partial charge in [0.25, 0.3) is 5.91 Å². The van der Waals surface area contributed by atoms with Crippen LogP contribution in [0.15, 0.2) is 28.1 Å². The summed E-state index contributed by atoms with van der Waals surface area (Å²) in [5, 5.41) is 5.72. The molecule has 0 unspecified atom stereocenters. The third-order valence-corrected chi connectivity index (χ3v) is 5.75. The van der Waals surface area contributed by atoms with E-state index < -0.39 is 0 Å². The van der Waals surface area contributed by atoms with E-state index in [0.717, 1.165) is 26.7 Å². The lowest BCUT2D eigenvalue weighted by molar-refractivity contribution is 0.0957. The molecule has 23 heavy (non-hydrogen) atoms. The molecule has 0 aliphatic heterocycles. The van der Waals surface area contributed by atoms with Gasteiger partial charge in [-0.3, -0.25) is 4.79 Å². The molecule has 120 valence electrons. The smallest absolute Gasteiger partial charge is 0.262 e. The monoisotopic (exact) mass is 394 g/mol. The summed E-state index contributed by atoms with van der Waals surface area (Å²) in [7, 11) is 0. The first kappa shape index (κ1) is 16.2. The highest BCUT2D eigenvalue weighted by Crippen LogP contribution is 2.28. The predicted molar refractivity (Wildman–Crippen MR) is 95.8 cm³/mol. The zero-order valence-electron chi connectivity index (χ0n) is 12.8. The number of nitrogens with one attached hydrogen (secondary N) is 2. The Morgan fingerprint density at radius 2 is 2.13 bits per heavy atom. The van der Waals surface area contributed by atoms with Crippen LogP contribution in [0.5, 0.6) is 0 Å². The van der Waals surface area contributed by atoms with Crippen LogP contribution in [-0.4, -0.2) is 17.4 Å². The van der Waals surface area contributed by atoms with Crippen LogP contribution < -0.4 is 5.32 Å². The van der Waals surface area contributed by atoms with E-state index in [-0.39, 0.29) is 11.7 Å². The molecule has 0 spiro atoms. The van der Waals surface area contributed by atoms with Gasteiger partial charge in [0, 0.05) is 22.1 Å². The summed E-state index contributed by atoms with van der Waals surface area (Å²) in [6.07, 6.45) is 0.658. The van der Waals surface area contributed by atoms with E-state index in [2.05, 4.69) is 26.2 Å². The second kappa shape index (κ2) is 6.45. The molecule has 3 aromatic rings. The van der Waals surface area contributed by atoms with Crippen molar-refractivity contribution in [3.05, 3.63) is 55.6 Å². The van der Waals surface area contributed by atoms with Gasteiger partial charge in [0.05, 0.1) is 5.52 Å². The largest absolute Gasteiger partial charge is 0.356 e. The van der Waals surface area contributed by atoms with E-state index in [9.17, 15) is 9.18 Å². The molecular weight excluding hydrogens is 379 g/mol. The van der Waals surface area contributed by atoms with Crippen LogP contribution in [0, 0.1) is 19.7 Å². The van der Waals surface area contributed by atoms with Crippen LogP contribution in [0.4, 0.5) is 4.39 Å². The zero-order chi connectivity index (χ0) is 16.6. The van der Waals surface area contributed by atoms with Crippen LogP contribution in [0.25, 0.3) is 10.9 Å². The van der Waals surface area contributed by atoms with Crippen LogP contribution in [-0.2, 0) is 6.42 Å². The minimum atomic E-state index is -0.244. The lowest BCUT2D eigenvalue weighted by Gasteiger charge is -2.06. The van der Waals surface area contributed by atoms with Gasteiger partial charge < -0.3 is 10.3 Å². The second-order valence-electron chi connectivity index (χ2n) is 5.45. The summed E-state index contributed by atoms with van der Waals surface area (Å²) in [6, 6.07) is 5.12. The molecule has 2 heterocycles. The molecule has 2 N–H and O–H groups in total. The summed E-state index contributed by atoms with van der Waals surface area (Å²) in [4.78, 5) is 15.9. The first-order valence-corrected chi connectivity index (χ1v) is 8.93. The Bertz CT molecular complexity index is 884. The Kier molecular flexibility index (Phi) is 4.55. The summed E-state index contributed by atoms with van der Waals surface area (Å²) >= 11 is 4.76. The molecule has 0 atom stereocenters. The van der Waals surface area contributed by atoms with Crippen molar-refractivity contribution in [1.29, 1.82) is 0 Å². The Morgan fingerprint density at radius 1 is 1.35 bits per heavy atom. The van der Waals surface area contributed by atoms with E-state index in [1.807, 2.05) is 25.3 Å². The van der Waals surface area contributed by atoms with Gasteiger partial charge in [-0.1, -0.05) is 6.07 Å². The fourth-order valence-electron chi connectivity index (χ4n) is 2.79. The topological polar surface area (TPSA) is 44.9 Å². The van der Waals surface area contributed by atoms with Crippen molar-refractivity contribution in [3.8, 4) is 0 Å². The normalized spacial score (nSPS) is 11.1. The van der Waals surface area contributed by atoms with Crippen LogP contribution in [0.3, 0.4) is 0 Å². The molecule has 0 saturated carbocycles. The number of fused-ring (bicyclic) bond motifs is 1. The van der Waals surface area contributed by atoms with Crippen LogP contribution in [0.2, 0.25) is 0 Å². The van der Waals surface area contributed by atoms with Gasteiger partial charge in [-0.2, -0.15) is 0 Å². The van der Waals surface area contributed by atoms with Crippen molar-refractivity contribution in [2.45, 2.75) is 20.3 Å². The maximum absolute atomic E-state index is 13.9. The number of aromatic nitrogens is 1. The molecule has 1 aromatic carbocycles. The van der Waals surface area contributed by atoms with Crippen molar-refractivity contribution in [2.24, 2.45) is 0 Å². The SMILES string of the molecule is Cc1[nH]c2c(F)ccc(C)c2c1CCNC(=O)c1sccc1Br. The van der Waals surface area contributed by atoms with Crippen LogP contribution >= 0.6 is 27.3 Å². The molecule has 0 saturated heterocycles. The number of carbonyl (C=O) groups is 1. The fourth-order valence-corrected chi connectivity index (χ4v) is 4.26. The maximum atomic E-state index is 13.9. The fraction of sp³-hybridized carbons (Fsp3) is 0.235. The van der Waals surface area contributed by atoms with Crippen molar-refractivity contribution < 1.29 is 9.18 Å². The van der Waals surface area contributed by atoms with Crippen molar-refractivity contribution >= 4 is 44.1 Å². The van der Waals surface area contributed by atoms with Gasteiger partial charge in [0.2, 0.25) is 0 Å². The van der Waals surface area contributed by atoms with Gasteiger partial charge in [-0.25, -0.2) is 4.39 Å². The molecule has 2 aromatic heterocycles. The highest BCUT2D eigenvalue weighted by molar-refractivity contribution is 9.10. The lowest BCUT2D eigenvalue weighted by Crippen LogP contribution is -2.25. The molecule has 0 radical (unpaired) electrons. The summed E-state index contributed by atoms with van der Waals surface area (Å²) in [5.74, 6) is -0.334. The number of thiophene rings is 1. The number of amides is 1. The Balaban J connectivity index is 1.78. The number of carbonyl (C=O) groups excluding carboxylic acids is 1. The first-order valence-electron chi connectivity index (χ1n) is 7.26. The minimum Gasteiger partial charge on any atom is -0.356 e. The van der Waals surface area contributed by atoms with Gasteiger partial charge in [0.1, 0.15) is 10.7 Å². The van der Waals surface area contributed by atoms with E-state index in [0.29, 0.717) is 23.4 Å². The molecule has 3 nitrogen and oxygen atoms in total. The van der Waals surface area contributed by atoms with Gasteiger partial charge in [-0.05, 0) is 64.8 Å². The van der Waals surface area contributed by atoms with E-state index in [1.165, 1.54) is 17.4 Å². The molecule has 0 aliphatic rings. The first-order chi connectivity index (χ1) is 11.0. The van der Waals surface area contributed by atoms with Crippen molar-refractivity contribution in [3.63, 3.8) is 0 Å². The number of hydrogen-bond acceptors (Lipinski definition) is 2. The molecule has 0 bridgehead atoms. The average molecular weight is 395 g/mol. The van der Waals surface area contributed by atoms with Gasteiger partial charge in [-0.15, -0.1) is 11.3 Å². The number of benzene rings is 1. The summed E-state index contributed by atoms with van der Waals surface area (Å²) < 4.78 is 14.7. The molecule has 0 aliphatic carbocycles. The third-order valence-electron chi connectivity index (χ3n) is 3.91. The Hall–Kier alpha value is -1.66. The highest BCUT2D eigenvalue weighted by atomic mass is 79.9. The number of rotatable bonds is 4. The quantitative estimate of drug-likeness (QED) is 0.660. The highest BCUT2D eigenvalue weighted by Gasteiger charge is 2.15. The van der Waals surface area contributed by atoms with Gasteiger partial charge in [0.15, 0.2) is 0 Å². The number of H-pyrrole nitrogens is 1. The van der Waals surface area contributed by atoms with E-state index >= 15 is 0 Å². The Labute approximate surface area is 146 Å². The summed E-state index contributed by atoms with van der Waals surface area (Å²) in [5.41, 5.74) is 3.58. The maximum Gasteiger partial charge on any atom is 0.262 e. The molecule has 3 rings (SSSR count).